The minimum atomic E-state index is -4.66. The van der Waals surface area contributed by atoms with E-state index in [1.165, 1.54) is 0 Å². The van der Waals surface area contributed by atoms with Crippen LogP contribution in [-0.4, -0.2) is 22.7 Å². The van der Waals surface area contributed by atoms with Gasteiger partial charge in [-0.15, -0.1) is 11.8 Å². The summed E-state index contributed by atoms with van der Waals surface area (Å²) in [7, 11) is 0. The number of nitro benzene ring substituents is 1. The highest BCUT2D eigenvalue weighted by Gasteiger charge is 2.33. The maximum atomic E-state index is 12.6. The van der Waals surface area contributed by atoms with Crippen molar-refractivity contribution >= 4 is 23.4 Å². The van der Waals surface area contributed by atoms with Gasteiger partial charge < -0.3 is 4.74 Å². The van der Waals surface area contributed by atoms with Gasteiger partial charge in [0, 0.05) is 6.07 Å². The second-order valence-electron chi connectivity index (χ2n) is 4.43. The number of rotatable bonds is 6. The van der Waals surface area contributed by atoms with Crippen molar-refractivity contribution in [1.29, 1.82) is 0 Å². The molecule has 0 aliphatic heterocycles. The molecule has 1 rings (SSSR count). The largest absolute Gasteiger partial charge is 0.462 e. The highest BCUT2D eigenvalue weighted by atomic mass is 32.2. The average Bonchev–Trinajstić information content (AvgIpc) is 2.43. The Labute approximate surface area is 129 Å². The van der Waals surface area contributed by atoms with Crippen LogP contribution in [0.2, 0.25) is 0 Å². The van der Waals surface area contributed by atoms with E-state index in [1.807, 2.05) is 6.92 Å². The van der Waals surface area contributed by atoms with Crippen LogP contribution in [0.15, 0.2) is 23.1 Å². The minimum Gasteiger partial charge on any atom is -0.462 e. The van der Waals surface area contributed by atoms with Gasteiger partial charge in [-0.2, -0.15) is 13.2 Å². The van der Waals surface area contributed by atoms with Crippen LogP contribution in [0.25, 0.3) is 0 Å². The fraction of sp³-hybridized carbons (Fsp3) is 0.462. The number of ether oxygens (including phenoxy) is 1. The van der Waals surface area contributed by atoms with Gasteiger partial charge in [0.15, 0.2) is 0 Å². The van der Waals surface area contributed by atoms with Crippen molar-refractivity contribution in [3.63, 3.8) is 0 Å². The summed E-state index contributed by atoms with van der Waals surface area (Å²) in [5.41, 5.74) is -1.79. The van der Waals surface area contributed by atoms with Crippen molar-refractivity contribution in [2.24, 2.45) is 0 Å². The van der Waals surface area contributed by atoms with Crippen LogP contribution < -0.4 is 0 Å². The van der Waals surface area contributed by atoms with Crippen LogP contribution in [0.3, 0.4) is 0 Å². The van der Waals surface area contributed by atoms with Crippen molar-refractivity contribution in [2.45, 2.75) is 37.4 Å². The third-order valence-electron chi connectivity index (χ3n) is 2.74. The quantitative estimate of drug-likeness (QED) is 0.339. The molecule has 122 valence electrons. The summed E-state index contributed by atoms with van der Waals surface area (Å²) in [5.74, 6) is -0.787. The average molecular weight is 337 g/mol. The normalized spacial score (nSPS) is 12.8. The van der Waals surface area contributed by atoms with Crippen molar-refractivity contribution in [3.05, 3.63) is 33.9 Å². The topological polar surface area (TPSA) is 69.4 Å². The number of alkyl halides is 3. The molecule has 0 N–H and O–H groups in total. The molecule has 1 aromatic rings. The molecule has 0 saturated carbocycles. The Morgan fingerprint density at radius 2 is 2.09 bits per heavy atom. The molecule has 0 bridgehead atoms. The minimum absolute atomic E-state index is 0.0147. The number of thioether (sulfide) groups is 1. The van der Waals surface area contributed by atoms with E-state index in [2.05, 4.69) is 0 Å². The fourth-order valence-electron chi connectivity index (χ4n) is 1.44. The number of benzene rings is 1. The van der Waals surface area contributed by atoms with E-state index in [0.29, 0.717) is 12.5 Å². The van der Waals surface area contributed by atoms with Gasteiger partial charge in [0.05, 0.1) is 27.2 Å². The molecule has 0 spiro atoms. The Bertz CT molecular complexity index is 563. The third kappa shape index (κ3) is 5.21. The molecule has 1 aromatic carbocycles. The first-order chi connectivity index (χ1) is 10.1. The number of nitrogens with zero attached hydrogens (tertiary/aromatic N) is 1. The molecule has 5 nitrogen and oxygen atoms in total. The monoisotopic (exact) mass is 337 g/mol. The fourth-order valence-corrected chi connectivity index (χ4v) is 2.22. The van der Waals surface area contributed by atoms with Gasteiger partial charge in [-0.1, -0.05) is 6.92 Å². The molecule has 0 fully saturated rings. The van der Waals surface area contributed by atoms with Gasteiger partial charge in [0.1, 0.15) is 0 Å². The lowest BCUT2D eigenvalue weighted by atomic mass is 10.2. The molecule has 22 heavy (non-hydrogen) atoms. The van der Waals surface area contributed by atoms with E-state index >= 15 is 0 Å². The van der Waals surface area contributed by atoms with E-state index in [0.717, 1.165) is 23.9 Å². The summed E-state index contributed by atoms with van der Waals surface area (Å²) in [5, 5.41) is 10.9. The van der Waals surface area contributed by atoms with Gasteiger partial charge in [0.25, 0.3) is 5.69 Å². The molecule has 1 atom stereocenters. The Hall–Kier alpha value is -1.77. The smallest absolute Gasteiger partial charge is 0.416 e. The van der Waals surface area contributed by atoms with Crippen LogP contribution >= 0.6 is 11.8 Å². The summed E-state index contributed by atoms with van der Waals surface area (Å²) >= 11 is 0.772. The molecule has 0 aliphatic carbocycles. The lowest BCUT2D eigenvalue weighted by molar-refractivity contribution is -0.388. The summed E-state index contributed by atoms with van der Waals surface area (Å²) in [6, 6.07) is 2.19. The lowest BCUT2D eigenvalue weighted by Gasteiger charge is -2.11. The lowest BCUT2D eigenvalue weighted by Crippen LogP contribution is -2.15. The molecule has 0 amide bonds. The maximum absolute atomic E-state index is 12.6. The van der Waals surface area contributed by atoms with Gasteiger partial charge in [-0.05, 0) is 25.5 Å². The van der Waals surface area contributed by atoms with Gasteiger partial charge in [-0.25, -0.2) is 0 Å². The molecular weight excluding hydrogens is 323 g/mol. The molecule has 0 saturated heterocycles. The zero-order chi connectivity index (χ0) is 16.9. The first-order valence-corrected chi connectivity index (χ1v) is 7.31. The van der Waals surface area contributed by atoms with Crippen LogP contribution in [0, 0.1) is 10.1 Å². The van der Waals surface area contributed by atoms with Gasteiger partial charge in [0.2, 0.25) is 0 Å². The van der Waals surface area contributed by atoms with Crippen molar-refractivity contribution < 1.29 is 27.6 Å². The van der Waals surface area contributed by atoms with Crippen LogP contribution in [0.4, 0.5) is 18.9 Å². The Morgan fingerprint density at radius 3 is 2.59 bits per heavy atom. The number of halogens is 3. The number of hydrogen-bond donors (Lipinski definition) is 0. The van der Waals surface area contributed by atoms with Gasteiger partial charge >= 0.3 is 12.1 Å². The predicted molar refractivity (Wildman–Crippen MR) is 74.7 cm³/mol. The van der Waals surface area contributed by atoms with Crippen molar-refractivity contribution in [2.75, 3.05) is 5.75 Å². The molecule has 0 aliphatic rings. The van der Waals surface area contributed by atoms with E-state index in [1.54, 1.807) is 6.92 Å². The Balaban J connectivity index is 2.87. The molecule has 0 heterocycles. The molecule has 9 heteroatoms. The molecule has 0 aromatic heterocycles. The number of hydrogen-bond acceptors (Lipinski definition) is 5. The summed E-state index contributed by atoms with van der Waals surface area (Å²) in [6.07, 6.45) is -4.32. The summed E-state index contributed by atoms with van der Waals surface area (Å²) in [4.78, 5) is 21.5. The molecular formula is C13H14F3NO4S. The standard InChI is InChI=1S/C13H14F3NO4S/c1-3-8(2)21-12(18)7-22-11-5-4-9(13(14,15)16)6-10(11)17(19)20/h4-6,8H,3,7H2,1-2H3/t8-/m1/s1. The highest BCUT2D eigenvalue weighted by molar-refractivity contribution is 8.00. The predicted octanol–water partition coefficient (Wildman–Crippen LogP) is 4.05. The second-order valence-corrected chi connectivity index (χ2v) is 5.45. The van der Waals surface area contributed by atoms with Crippen LogP contribution in [0.1, 0.15) is 25.8 Å². The SMILES string of the molecule is CC[C@@H](C)OC(=O)CSc1ccc(C(F)(F)F)cc1[N+](=O)[O-]. The third-order valence-corrected chi connectivity index (χ3v) is 3.77. The number of nitro groups is 1. The zero-order valence-corrected chi connectivity index (χ0v) is 12.7. The first-order valence-electron chi connectivity index (χ1n) is 6.33. The second kappa shape index (κ2) is 7.48. The molecule has 0 radical (unpaired) electrons. The van der Waals surface area contributed by atoms with E-state index in [9.17, 15) is 28.1 Å². The summed E-state index contributed by atoms with van der Waals surface area (Å²) < 4.78 is 42.7. The maximum Gasteiger partial charge on any atom is 0.416 e. The van der Waals surface area contributed by atoms with Crippen LogP contribution in [-0.2, 0) is 15.7 Å². The highest BCUT2D eigenvalue weighted by Crippen LogP contribution is 2.36. The van der Waals surface area contributed by atoms with E-state index < -0.39 is 28.3 Å². The van der Waals surface area contributed by atoms with Crippen molar-refractivity contribution in [1.82, 2.24) is 0 Å². The Morgan fingerprint density at radius 1 is 1.45 bits per heavy atom. The zero-order valence-electron chi connectivity index (χ0n) is 11.8. The van der Waals surface area contributed by atoms with Crippen molar-refractivity contribution in [3.8, 4) is 0 Å². The van der Waals surface area contributed by atoms with Gasteiger partial charge in [-0.3, -0.25) is 14.9 Å². The Kier molecular flexibility index (Phi) is 6.21. The number of carbonyl (C=O) groups excluding carboxylic acids is 1. The van der Waals surface area contributed by atoms with E-state index in [-0.39, 0.29) is 16.8 Å². The van der Waals surface area contributed by atoms with E-state index in [4.69, 9.17) is 4.74 Å². The van der Waals surface area contributed by atoms with Crippen LogP contribution in [0.5, 0.6) is 0 Å². The number of carbonyl (C=O) groups is 1. The number of esters is 1. The first kappa shape index (κ1) is 18.3. The molecule has 0 unspecified atom stereocenters. The summed E-state index contributed by atoms with van der Waals surface area (Å²) in [6.45, 7) is 3.52.